The standard InChI is InChI=1S/C31H39BBrClN6O2/c1-3-37-20-35-17-26(37)10-11-38(18-21-4-5-21)31(41)28-19-39(32(2)42)12-13-40(28)30-27-9-8-25(34)15-22(27)6-7-23-14-24(33)16-36-29(23)30/h8-9,14-17,20-21,28,30,42H,3-7,10-13,18-19H2,1-2H3/t28-,30?/m1/s1. The number of fused-ring (bicyclic) bond motifs is 2. The predicted octanol–water partition coefficient (Wildman–Crippen LogP) is 4.48. The molecule has 1 aromatic carbocycles. The van der Waals surface area contributed by atoms with Crippen LogP contribution in [0.4, 0.5) is 0 Å². The van der Waals surface area contributed by atoms with E-state index in [4.69, 9.17) is 16.6 Å². The molecule has 2 atom stereocenters. The number of halogens is 2. The molecule has 0 bridgehead atoms. The number of benzene rings is 1. The van der Waals surface area contributed by atoms with Crippen molar-refractivity contribution >= 4 is 40.5 Å². The Bertz CT molecular complexity index is 1380. The average Bonchev–Trinajstić information content (AvgIpc) is 3.72. The van der Waals surface area contributed by atoms with Gasteiger partial charge in [-0.15, -0.1) is 0 Å². The number of imidazole rings is 1. The maximum Gasteiger partial charge on any atom is 0.376 e. The lowest BCUT2D eigenvalue weighted by Gasteiger charge is -2.46. The highest BCUT2D eigenvalue weighted by atomic mass is 79.9. The first-order chi connectivity index (χ1) is 20.3. The summed E-state index contributed by atoms with van der Waals surface area (Å²) < 4.78 is 3.10. The molecule has 1 N–H and O–H groups in total. The van der Waals surface area contributed by atoms with Gasteiger partial charge in [0.15, 0.2) is 0 Å². The fourth-order valence-electron chi connectivity index (χ4n) is 6.64. The number of amides is 1. The number of aromatic nitrogens is 3. The lowest BCUT2D eigenvalue weighted by atomic mass is 9.82. The number of nitrogens with zero attached hydrogens (tertiary/aromatic N) is 6. The molecule has 42 heavy (non-hydrogen) atoms. The second-order valence-corrected chi connectivity index (χ2v) is 13.3. The first-order valence-electron chi connectivity index (χ1n) is 15.2. The van der Waals surface area contributed by atoms with E-state index < -0.39 is 13.1 Å². The number of aryl methyl sites for hydroxylation is 3. The van der Waals surface area contributed by atoms with Crippen molar-refractivity contribution in [1.82, 2.24) is 29.1 Å². The van der Waals surface area contributed by atoms with Crippen molar-refractivity contribution in [2.75, 3.05) is 32.7 Å². The highest BCUT2D eigenvalue weighted by Gasteiger charge is 2.43. The molecule has 11 heteroatoms. The van der Waals surface area contributed by atoms with Crippen LogP contribution >= 0.6 is 27.5 Å². The summed E-state index contributed by atoms with van der Waals surface area (Å²) in [5.74, 6) is 0.698. The fraction of sp³-hybridized carbons (Fsp3) is 0.516. The van der Waals surface area contributed by atoms with Gasteiger partial charge in [0.1, 0.15) is 6.04 Å². The maximum atomic E-state index is 14.7. The van der Waals surface area contributed by atoms with Crippen LogP contribution in [0.1, 0.15) is 53.9 Å². The van der Waals surface area contributed by atoms with Crippen LogP contribution in [0.15, 0.2) is 47.5 Å². The number of carbonyl (C=O) groups is 1. The number of rotatable bonds is 9. The van der Waals surface area contributed by atoms with E-state index in [-0.39, 0.29) is 11.9 Å². The molecule has 0 spiro atoms. The Morgan fingerprint density at radius 3 is 2.76 bits per heavy atom. The summed E-state index contributed by atoms with van der Waals surface area (Å²) >= 11 is 10.1. The van der Waals surface area contributed by atoms with E-state index in [0.29, 0.717) is 32.1 Å². The predicted molar refractivity (Wildman–Crippen MR) is 169 cm³/mol. The second-order valence-electron chi connectivity index (χ2n) is 12.0. The SMILES string of the molecule is CCn1cncc1CCN(CC1CC1)C(=O)[C@H]1CN(B(C)O)CCN1C1c2ccc(Cl)cc2CCc2cc(Br)cnc21. The number of hydrogen-bond donors (Lipinski definition) is 1. The lowest BCUT2D eigenvalue weighted by Crippen LogP contribution is -2.63. The minimum Gasteiger partial charge on any atom is -0.437 e. The van der Waals surface area contributed by atoms with E-state index in [1.165, 1.54) is 24.0 Å². The molecule has 3 aliphatic rings. The molecule has 1 saturated carbocycles. The van der Waals surface area contributed by atoms with Crippen LogP contribution in [0.2, 0.25) is 11.8 Å². The van der Waals surface area contributed by atoms with E-state index in [0.717, 1.165) is 58.8 Å². The lowest BCUT2D eigenvalue weighted by molar-refractivity contribution is -0.140. The van der Waals surface area contributed by atoms with E-state index in [1.54, 1.807) is 6.82 Å². The summed E-state index contributed by atoms with van der Waals surface area (Å²) in [5.41, 5.74) is 5.71. The van der Waals surface area contributed by atoms with Gasteiger partial charge in [-0.05, 0) is 96.2 Å². The Morgan fingerprint density at radius 2 is 2.00 bits per heavy atom. The van der Waals surface area contributed by atoms with Crippen LogP contribution in [0.25, 0.3) is 0 Å². The molecular formula is C31H39BBrClN6O2. The van der Waals surface area contributed by atoms with E-state index in [2.05, 4.69) is 60.4 Å². The molecule has 0 radical (unpaired) electrons. The van der Waals surface area contributed by atoms with Crippen molar-refractivity contribution in [1.29, 1.82) is 0 Å². The van der Waals surface area contributed by atoms with Crippen molar-refractivity contribution in [3.8, 4) is 0 Å². The van der Waals surface area contributed by atoms with Gasteiger partial charge in [-0.2, -0.15) is 0 Å². The van der Waals surface area contributed by atoms with Gasteiger partial charge in [-0.3, -0.25) is 14.7 Å². The first-order valence-corrected chi connectivity index (χ1v) is 16.4. The van der Waals surface area contributed by atoms with Crippen LogP contribution in [0.5, 0.6) is 0 Å². The summed E-state index contributed by atoms with van der Waals surface area (Å²) in [4.78, 5) is 30.5. The summed E-state index contributed by atoms with van der Waals surface area (Å²) in [7, 11) is -0.625. The molecular weight excluding hydrogens is 615 g/mol. The third-order valence-corrected chi connectivity index (χ3v) is 9.82. The van der Waals surface area contributed by atoms with Gasteiger partial charge in [0.2, 0.25) is 5.91 Å². The third-order valence-electron chi connectivity index (χ3n) is 9.15. The molecule has 2 aromatic heterocycles. The minimum atomic E-state index is -0.625. The molecule has 3 aromatic rings. The van der Waals surface area contributed by atoms with Gasteiger partial charge in [0.25, 0.3) is 0 Å². The molecule has 1 unspecified atom stereocenters. The van der Waals surface area contributed by atoms with Crippen LogP contribution in [-0.4, -0.2) is 85.9 Å². The number of hydrogen-bond acceptors (Lipinski definition) is 6. The summed E-state index contributed by atoms with van der Waals surface area (Å²) in [5, 5.41) is 11.3. The summed E-state index contributed by atoms with van der Waals surface area (Å²) in [6.07, 6.45) is 10.5. The maximum absolute atomic E-state index is 14.7. The highest BCUT2D eigenvalue weighted by Crippen LogP contribution is 2.40. The Kier molecular flexibility index (Phi) is 9.08. The Hall–Kier alpha value is -2.24. The molecule has 2 fully saturated rings. The largest absolute Gasteiger partial charge is 0.437 e. The number of carbonyl (C=O) groups excluding carboxylic acids is 1. The van der Waals surface area contributed by atoms with Crippen molar-refractivity contribution in [3.63, 3.8) is 0 Å². The topological polar surface area (TPSA) is 77.7 Å². The fourth-order valence-corrected chi connectivity index (χ4v) is 7.21. The van der Waals surface area contributed by atoms with Crippen molar-refractivity contribution < 1.29 is 9.82 Å². The van der Waals surface area contributed by atoms with Crippen molar-refractivity contribution in [2.45, 2.75) is 64.5 Å². The molecule has 3 heterocycles. The Morgan fingerprint density at radius 1 is 1.19 bits per heavy atom. The van der Waals surface area contributed by atoms with Gasteiger partial charge < -0.3 is 19.3 Å². The van der Waals surface area contributed by atoms with Crippen LogP contribution in [0.3, 0.4) is 0 Å². The van der Waals surface area contributed by atoms with E-state index >= 15 is 0 Å². The first kappa shape index (κ1) is 29.8. The Balaban J connectivity index is 1.38. The highest BCUT2D eigenvalue weighted by molar-refractivity contribution is 9.10. The van der Waals surface area contributed by atoms with Crippen molar-refractivity contribution in [2.24, 2.45) is 5.92 Å². The average molecular weight is 654 g/mol. The van der Waals surface area contributed by atoms with E-state index in [9.17, 15) is 9.82 Å². The number of piperazine rings is 1. The van der Waals surface area contributed by atoms with Gasteiger partial charge in [0.05, 0.1) is 18.1 Å². The summed E-state index contributed by atoms with van der Waals surface area (Å²) in [6.45, 7) is 7.98. The molecule has 2 aliphatic carbocycles. The monoisotopic (exact) mass is 652 g/mol. The molecule has 6 rings (SSSR count). The zero-order valence-electron chi connectivity index (χ0n) is 24.4. The van der Waals surface area contributed by atoms with E-state index in [1.807, 2.05) is 29.6 Å². The third kappa shape index (κ3) is 6.33. The molecule has 1 aliphatic heterocycles. The zero-order chi connectivity index (χ0) is 29.4. The Labute approximate surface area is 262 Å². The van der Waals surface area contributed by atoms with Gasteiger partial charge in [-0.25, -0.2) is 4.98 Å². The quantitative estimate of drug-likeness (QED) is 0.344. The van der Waals surface area contributed by atoms with Crippen molar-refractivity contribution in [3.05, 3.63) is 80.6 Å². The van der Waals surface area contributed by atoms with Crippen LogP contribution in [-0.2, 0) is 30.6 Å². The number of pyridine rings is 1. The molecule has 222 valence electrons. The minimum absolute atomic E-state index is 0.133. The molecule has 8 nitrogen and oxygen atoms in total. The second kappa shape index (κ2) is 12.8. The van der Waals surface area contributed by atoms with Crippen LogP contribution < -0.4 is 0 Å². The molecule has 1 saturated heterocycles. The van der Waals surface area contributed by atoms with Gasteiger partial charge >= 0.3 is 7.05 Å². The smallest absolute Gasteiger partial charge is 0.376 e. The zero-order valence-corrected chi connectivity index (χ0v) is 26.8. The van der Waals surface area contributed by atoms with Gasteiger partial charge in [0, 0.05) is 73.3 Å². The van der Waals surface area contributed by atoms with Crippen LogP contribution in [0, 0.1) is 5.92 Å². The molecule has 1 amide bonds. The van der Waals surface area contributed by atoms with Gasteiger partial charge in [-0.1, -0.05) is 17.7 Å². The summed E-state index contributed by atoms with van der Waals surface area (Å²) in [6, 6.07) is 7.71. The normalized spacial score (nSPS) is 21.0.